The highest BCUT2D eigenvalue weighted by Gasteiger charge is 2.05. The van der Waals surface area contributed by atoms with Crippen LogP contribution in [0.1, 0.15) is 6.92 Å². The van der Waals surface area contributed by atoms with Crippen LogP contribution in [0, 0.1) is 0 Å². The highest BCUT2D eigenvalue weighted by molar-refractivity contribution is 5.77. The minimum Gasteiger partial charge on any atom is -0.494 e. The van der Waals surface area contributed by atoms with Crippen molar-refractivity contribution in [3.05, 3.63) is 60.9 Å². The molecule has 0 radical (unpaired) electrons. The van der Waals surface area contributed by atoms with Gasteiger partial charge in [0.25, 0.3) is 5.91 Å². The van der Waals surface area contributed by atoms with Gasteiger partial charge in [0, 0.05) is 18.9 Å². The largest absolute Gasteiger partial charge is 0.494 e. The van der Waals surface area contributed by atoms with Gasteiger partial charge in [0.2, 0.25) is 0 Å². The summed E-state index contributed by atoms with van der Waals surface area (Å²) in [6.45, 7) is 3.54. The fourth-order valence-corrected chi connectivity index (χ4v) is 2.45. The predicted octanol–water partition coefficient (Wildman–Crippen LogP) is 2.54. The number of carbonyl (C=O) groups is 1. The molecule has 1 aromatic carbocycles. The summed E-state index contributed by atoms with van der Waals surface area (Å²) in [6.07, 6.45) is 3.60. The summed E-state index contributed by atoms with van der Waals surface area (Å²) in [6, 6.07) is 14.8. The van der Waals surface area contributed by atoms with Crippen LogP contribution in [0.15, 0.2) is 60.9 Å². The second kappa shape index (κ2) is 9.38. The van der Waals surface area contributed by atoms with Gasteiger partial charge in [-0.15, -0.1) is 0 Å². The van der Waals surface area contributed by atoms with E-state index in [1.54, 1.807) is 23.0 Å². The Hall–Kier alpha value is -3.35. The Morgan fingerprint density at radius 2 is 1.81 bits per heavy atom. The monoisotopic (exact) mass is 366 g/mol. The van der Waals surface area contributed by atoms with Crippen LogP contribution in [0.2, 0.25) is 0 Å². The number of nitrogens with zero attached hydrogens (tertiary/aromatic N) is 3. The Morgan fingerprint density at radius 3 is 2.52 bits per heavy atom. The summed E-state index contributed by atoms with van der Waals surface area (Å²) in [5.41, 5.74) is 1.63. The zero-order valence-corrected chi connectivity index (χ0v) is 15.2. The molecule has 27 heavy (non-hydrogen) atoms. The molecule has 3 aromatic rings. The van der Waals surface area contributed by atoms with Crippen molar-refractivity contribution in [2.45, 2.75) is 13.5 Å². The molecule has 1 N–H and O–H groups in total. The molecule has 0 aliphatic rings. The molecule has 2 heterocycles. The van der Waals surface area contributed by atoms with Crippen LogP contribution in [0.3, 0.4) is 0 Å². The van der Waals surface area contributed by atoms with E-state index >= 15 is 0 Å². The van der Waals surface area contributed by atoms with Crippen molar-refractivity contribution < 1.29 is 14.3 Å². The maximum absolute atomic E-state index is 11.9. The quantitative estimate of drug-likeness (QED) is 0.630. The molecule has 0 spiro atoms. The zero-order chi connectivity index (χ0) is 18.9. The molecule has 7 nitrogen and oxygen atoms in total. The maximum Gasteiger partial charge on any atom is 0.258 e. The molecular formula is C20H22N4O3. The van der Waals surface area contributed by atoms with Crippen LogP contribution in [0.25, 0.3) is 11.4 Å². The Balaban J connectivity index is 1.39. The predicted molar refractivity (Wildman–Crippen MR) is 102 cm³/mol. The van der Waals surface area contributed by atoms with Crippen LogP contribution in [0.5, 0.6) is 11.5 Å². The van der Waals surface area contributed by atoms with E-state index in [1.165, 1.54) is 0 Å². The van der Waals surface area contributed by atoms with Gasteiger partial charge in [-0.1, -0.05) is 6.07 Å². The lowest BCUT2D eigenvalue weighted by atomic mass is 10.3. The van der Waals surface area contributed by atoms with Crippen molar-refractivity contribution in [3.8, 4) is 22.9 Å². The van der Waals surface area contributed by atoms with Crippen LogP contribution < -0.4 is 14.8 Å². The van der Waals surface area contributed by atoms with Crippen LogP contribution in [-0.2, 0) is 11.3 Å². The second-order valence-electron chi connectivity index (χ2n) is 5.72. The van der Waals surface area contributed by atoms with Crippen molar-refractivity contribution in [2.24, 2.45) is 0 Å². The molecule has 0 bridgehead atoms. The molecule has 0 saturated heterocycles. The first-order valence-electron chi connectivity index (χ1n) is 8.82. The number of benzene rings is 1. The Bertz CT molecular complexity index is 847. The lowest BCUT2D eigenvalue weighted by Gasteiger charge is -2.08. The van der Waals surface area contributed by atoms with Gasteiger partial charge in [-0.3, -0.25) is 14.5 Å². The highest BCUT2D eigenvalue weighted by Crippen LogP contribution is 2.17. The summed E-state index contributed by atoms with van der Waals surface area (Å²) >= 11 is 0. The highest BCUT2D eigenvalue weighted by atomic mass is 16.5. The summed E-state index contributed by atoms with van der Waals surface area (Å²) in [7, 11) is 0. The average Bonchev–Trinajstić information content (AvgIpc) is 3.17. The van der Waals surface area contributed by atoms with Gasteiger partial charge in [0.05, 0.1) is 18.8 Å². The summed E-state index contributed by atoms with van der Waals surface area (Å²) in [4.78, 5) is 16.2. The molecule has 0 unspecified atom stereocenters. The third-order valence-electron chi connectivity index (χ3n) is 3.74. The molecule has 2 aromatic heterocycles. The molecule has 3 rings (SSSR count). The number of carbonyl (C=O) groups excluding carboxylic acids is 1. The number of hydrogen-bond acceptors (Lipinski definition) is 5. The van der Waals surface area contributed by atoms with Gasteiger partial charge in [0.15, 0.2) is 6.61 Å². The fourth-order valence-electron chi connectivity index (χ4n) is 2.45. The molecule has 0 saturated carbocycles. The zero-order valence-electron chi connectivity index (χ0n) is 15.2. The van der Waals surface area contributed by atoms with E-state index in [2.05, 4.69) is 15.4 Å². The molecule has 0 fully saturated rings. The Kier molecular flexibility index (Phi) is 6.40. The molecule has 1 amide bonds. The normalized spacial score (nSPS) is 10.4. The van der Waals surface area contributed by atoms with Crippen molar-refractivity contribution >= 4 is 5.91 Å². The first-order valence-corrected chi connectivity index (χ1v) is 8.82. The van der Waals surface area contributed by atoms with Gasteiger partial charge < -0.3 is 14.8 Å². The smallest absolute Gasteiger partial charge is 0.258 e. The molecule has 7 heteroatoms. The van der Waals surface area contributed by atoms with Crippen molar-refractivity contribution in [1.29, 1.82) is 0 Å². The van der Waals surface area contributed by atoms with Crippen molar-refractivity contribution in [2.75, 3.05) is 19.8 Å². The van der Waals surface area contributed by atoms with Gasteiger partial charge in [-0.2, -0.15) is 5.10 Å². The van der Waals surface area contributed by atoms with E-state index < -0.39 is 0 Å². The topological polar surface area (TPSA) is 78.3 Å². The number of ether oxygens (including phenoxy) is 2. The minimum atomic E-state index is -0.180. The average molecular weight is 366 g/mol. The number of nitrogens with one attached hydrogen (secondary N) is 1. The molecule has 0 aliphatic carbocycles. The van der Waals surface area contributed by atoms with E-state index in [0.717, 1.165) is 17.1 Å². The number of hydrogen-bond donors (Lipinski definition) is 1. The number of amides is 1. The molecule has 0 aliphatic heterocycles. The first-order chi connectivity index (χ1) is 13.2. The van der Waals surface area contributed by atoms with Crippen molar-refractivity contribution in [3.63, 3.8) is 0 Å². The number of rotatable bonds is 9. The number of pyridine rings is 1. The molecule has 140 valence electrons. The summed E-state index contributed by atoms with van der Waals surface area (Å²) in [5.74, 6) is 1.22. The fraction of sp³-hybridized carbons (Fsp3) is 0.250. The van der Waals surface area contributed by atoms with Crippen molar-refractivity contribution in [1.82, 2.24) is 20.1 Å². The summed E-state index contributed by atoms with van der Waals surface area (Å²) in [5, 5.41) is 7.27. The Morgan fingerprint density at radius 1 is 1.04 bits per heavy atom. The van der Waals surface area contributed by atoms with Gasteiger partial charge in [-0.25, -0.2) is 0 Å². The Labute approximate surface area is 158 Å². The van der Waals surface area contributed by atoms with Crippen LogP contribution in [-0.4, -0.2) is 40.4 Å². The SMILES string of the molecule is CCOc1ccc(OCC(=O)NCCn2ccc(-c3ccccn3)n2)cc1. The van der Waals surface area contributed by atoms with E-state index in [1.807, 2.05) is 49.5 Å². The van der Waals surface area contributed by atoms with E-state index in [-0.39, 0.29) is 12.5 Å². The maximum atomic E-state index is 11.9. The first kappa shape index (κ1) is 18.4. The minimum absolute atomic E-state index is 0.0354. The van der Waals surface area contributed by atoms with Crippen LogP contribution >= 0.6 is 0 Å². The summed E-state index contributed by atoms with van der Waals surface area (Å²) < 4.78 is 12.6. The number of aromatic nitrogens is 3. The second-order valence-corrected chi connectivity index (χ2v) is 5.72. The van der Waals surface area contributed by atoms with Crippen LogP contribution in [0.4, 0.5) is 0 Å². The van der Waals surface area contributed by atoms with E-state index in [0.29, 0.717) is 25.4 Å². The third kappa shape index (κ3) is 5.57. The van der Waals surface area contributed by atoms with E-state index in [4.69, 9.17) is 9.47 Å². The third-order valence-corrected chi connectivity index (χ3v) is 3.74. The van der Waals surface area contributed by atoms with Gasteiger partial charge >= 0.3 is 0 Å². The lowest BCUT2D eigenvalue weighted by molar-refractivity contribution is -0.123. The molecule has 0 atom stereocenters. The standard InChI is InChI=1S/C20H22N4O3/c1-2-26-16-6-8-17(9-7-16)27-15-20(25)22-12-14-24-13-10-19(23-24)18-5-3-4-11-21-18/h3-11,13H,2,12,14-15H2,1H3,(H,22,25). The van der Waals surface area contributed by atoms with Gasteiger partial charge in [0.1, 0.15) is 17.2 Å². The lowest BCUT2D eigenvalue weighted by Crippen LogP contribution is -2.31. The van der Waals surface area contributed by atoms with Gasteiger partial charge in [-0.05, 0) is 49.4 Å². The van der Waals surface area contributed by atoms with E-state index in [9.17, 15) is 4.79 Å². The molecular weight excluding hydrogens is 344 g/mol.